The van der Waals surface area contributed by atoms with Crippen LogP contribution in [0.3, 0.4) is 0 Å². The summed E-state index contributed by atoms with van der Waals surface area (Å²) in [6.45, 7) is 13.7. The van der Waals surface area contributed by atoms with E-state index in [4.69, 9.17) is 0 Å². The standard InChI is InChI=1S/C18H36N2O3/c1-12(2)14(21)10-17(4,5)18(6,7)16(23)19-13(3)15(22)11-20(8)9/h12-13,15,22H,10-11H2,1-9H3,(H,19,23)/t13-,15+/m0/s1. The molecule has 0 saturated heterocycles. The van der Waals surface area contributed by atoms with Crippen LogP contribution in [-0.4, -0.2) is 54.5 Å². The van der Waals surface area contributed by atoms with Gasteiger partial charge in [0.25, 0.3) is 0 Å². The molecule has 2 N–H and O–H groups in total. The highest BCUT2D eigenvalue weighted by Gasteiger charge is 2.44. The molecule has 5 nitrogen and oxygen atoms in total. The zero-order chi connectivity index (χ0) is 18.6. The molecule has 0 rings (SSSR count). The Morgan fingerprint density at radius 2 is 1.57 bits per heavy atom. The van der Waals surface area contributed by atoms with Crippen LogP contribution in [0.4, 0.5) is 0 Å². The van der Waals surface area contributed by atoms with Crippen molar-refractivity contribution in [3.63, 3.8) is 0 Å². The van der Waals surface area contributed by atoms with Gasteiger partial charge in [-0.3, -0.25) is 9.59 Å². The normalized spacial score (nSPS) is 15.7. The molecule has 0 spiro atoms. The largest absolute Gasteiger partial charge is 0.390 e. The van der Waals surface area contributed by atoms with Gasteiger partial charge in [0.15, 0.2) is 0 Å². The van der Waals surface area contributed by atoms with E-state index >= 15 is 0 Å². The molecule has 23 heavy (non-hydrogen) atoms. The summed E-state index contributed by atoms with van der Waals surface area (Å²) >= 11 is 0. The molecule has 136 valence electrons. The fraction of sp³-hybridized carbons (Fsp3) is 0.889. The van der Waals surface area contributed by atoms with Crippen LogP contribution in [0, 0.1) is 16.7 Å². The van der Waals surface area contributed by atoms with Crippen molar-refractivity contribution >= 4 is 11.7 Å². The lowest BCUT2D eigenvalue weighted by molar-refractivity contribution is -0.139. The molecule has 0 aliphatic rings. The molecule has 0 aromatic heterocycles. The molecule has 1 amide bonds. The number of likely N-dealkylation sites (N-methyl/N-ethyl adjacent to an activating group) is 1. The van der Waals surface area contributed by atoms with E-state index in [1.54, 1.807) is 6.92 Å². The van der Waals surface area contributed by atoms with E-state index in [9.17, 15) is 14.7 Å². The number of carbonyl (C=O) groups excluding carboxylic acids is 2. The summed E-state index contributed by atoms with van der Waals surface area (Å²) in [7, 11) is 3.75. The van der Waals surface area contributed by atoms with Gasteiger partial charge in [0.2, 0.25) is 5.91 Å². The van der Waals surface area contributed by atoms with Crippen LogP contribution in [0.15, 0.2) is 0 Å². The second-order valence-electron chi connectivity index (χ2n) is 8.40. The quantitative estimate of drug-likeness (QED) is 0.680. The van der Waals surface area contributed by atoms with Crippen LogP contribution in [0.1, 0.15) is 54.9 Å². The zero-order valence-electron chi connectivity index (χ0n) is 16.4. The van der Waals surface area contributed by atoms with E-state index < -0.39 is 16.9 Å². The van der Waals surface area contributed by atoms with Crippen molar-refractivity contribution in [2.24, 2.45) is 16.7 Å². The zero-order valence-corrected chi connectivity index (χ0v) is 16.4. The highest BCUT2D eigenvalue weighted by atomic mass is 16.3. The summed E-state index contributed by atoms with van der Waals surface area (Å²) in [5, 5.41) is 13.0. The third-order valence-corrected chi connectivity index (χ3v) is 5.01. The van der Waals surface area contributed by atoms with Gasteiger partial charge in [-0.25, -0.2) is 0 Å². The average Bonchev–Trinajstić information content (AvgIpc) is 2.36. The maximum absolute atomic E-state index is 12.7. The molecule has 0 unspecified atom stereocenters. The highest BCUT2D eigenvalue weighted by molar-refractivity contribution is 5.86. The number of amides is 1. The lowest BCUT2D eigenvalue weighted by atomic mass is 9.64. The fourth-order valence-electron chi connectivity index (χ4n) is 2.18. The summed E-state index contributed by atoms with van der Waals surface area (Å²) in [4.78, 5) is 26.7. The van der Waals surface area contributed by atoms with Crippen molar-refractivity contribution in [3.8, 4) is 0 Å². The topological polar surface area (TPSA) is 69.6 Å². The summed E-state index contributed by atoms with van der Waals surface area (Å²) in [5.74, 6) is -0.00472. The molecule has 0 aliphatic carbocycles. The molecule has 0 saturated carbocycles. The maximum Gasteiger partial charge on any atom is 0.226 e. The number of hydrogen-bond donors (Lipinski definition) is 2. The Labute approximate surface area is 141 Å². The Balaban J connectivity index is 4.97. The minimum atomic E-state index is -0.719. The highest BCUT2D eigenvalue weighted by Crippen LogP contribution is 2.42. The molecule has 2 atom stereocenters. The SMILES string of the molecule is CC(C)C(=O)CC(C)(C)C(C)(C)C(=O)N[C@@H](C)[C@H](O)CN(C)C. The summed E-state index contributed by atoms with van der Waals surface area (Å²) in [6.07, 6.45) is -0.273. The molecule has 0 aliphatic heterocycles. The van der Waals surface area contributed by atoms with Gasteiger partial charge in [-0.2, -0.15) is 0 Å². The van der Waals surface area contributed by atoms with Crippen molar-refractivity contribution in [2.75, 3.05) is 20.6 Å². The van der Waals surface area contributed by atoms with Gasteiger partial charge in [0, 0.05) is 24.3 Å². The van der Waals surface area contributed by atoms with Crippen LogP contribution in [-0.2, 0) is 9.59 Å². The van der Waals surface area contributed by atoms with Crippen molar-refractivity contribution in [2.45, 2.75) is 67.0 Å². The van der Waals surface area contributed by atoms with Crippen molar-refractivity contribution in [3.05, 3.63) is 0 Å². The number of Topliss-reactive ketones (excluding diaryl/α,β-unsaturated/α-hetero) is 1. The number of aliphatic hydroxyl groups excluding tert-OH is 1. The van der Waals surface area contributed by atoms with E-state index in [-0.39, 0.29) is 23.7 Å². The van der Waals surface area contributed by atoms with Gasteiger partial charge >= 0.3 is 0 Å². The molecule has 0 aromatic carbocycles. The third kappa shape index (κ3) is 6.22. The van der Waals surface area contributed by atoms with Crippen LogP contribution in [0.2, 0.25) is 0 Å². The number of ketones is 1. The molecule has 0 fully saturated rings. The maximum atomic E-state index is 12.7. The van der Waals surface area contributed by atoms with Crippen LogP contribution in [0.5, 0.6) is 0 Å². The molecular formula is C18H36N2O3. The summed E-state index contributed by atoms with van der Waals surface area (Å²) in [5.41, 5.74) is -1.19. The predicted molar refractivity (Wildman–Crippen MR) is 94.2 cm³/mol. The minimum absolute atomic E-state index is 0.0334. The smallest absolute Gasteiger partial charge is 0.226 e. The first-order valence-corrected chi connectivity index (χ1v) is 8.39. The van der Waals surface area contributed by atoms with Gasteiger partial charge in [-0.05, 0) is 26.4 Å². The number of nitrogens with one attached hydrogen (secondary N) is 1. The van der Waals surface area contributed by atoms with Crippen LogP contribution >= 0.6 is 0 Å². The predicted octanol–water partition coefficient (Wildman–Crippen LogP) is 2.08. The summed E-state index contributed by atoms with van der Waals surface area (Å²) in [6, 6.07) is -0.347. The summed E-state index contributed by atoms with van der Waals surface area (Å²) < 4.78 is 0. The Kier molecular flexibility index (Phi) is 7.91. The molecule has 0 bridgehead atoms. The Morgan fingerprint density at radius 1 is 1.09 bits per heavy atom. The number of nitrogens with zero attached hydrogens (tertiary/aromatic N) is 1. The Bertz CT molecular complexity index is 414. The monoisotopic (exact) mass is 328 g/mol. The lowest BCUT2D eigenvalue weighted by Crippen LogP contribution is -2.53. The second kappa shape index (κ2) is 8.25. The van der Waals surface area contributed by atoms with Gasteiger partial charge in [0.05, 0.1) is 12.1 Å². The fourth-order valence-corrected chi connectivity index (χ4v) is 2.18. The van der Waals surface area contributed by atoms with Crippen LogP contribution in [0.25, 0.3) is 0 Å². The molecule has 0 heterocycles. The number of aliphatic hydroxyl groups is 1. The molecule has 0 aromatic rings. The molecule has 5 heteroatoms. The Hall–Kier alpha value is -0.940. The first-order valence-electron chi connectivity index (χ1n) is 8.39. The van der Waals surface area contributed by atoms with Crippen molar-refractivity contribution < 1.29 is 14.7 Å². The first-order chi connectivity index (χ1) is 10.2. The van der Waals surface area contributed by atoms with E-state index in [0.717, 1.165) is 0 Å². The van der Waals surface area contributed by atoms with Crippen molar-refractivity contribution in [1.29, 1.82) is 0 Å². The second-order valence-corrected chi connectivity index (χ2v) is 8.40. The number of rotatable bonds is 9. The number of carbonyl (C=O) groups is 2. The van der Waals surface area contributed by atoms with Gasteiger partial charge < -0.3 is 15.3 Å². The molecule has 0 radical (unpaired) electrons. The third-order valence-electron chi connectivity index (χ3n) is 5.01. The Morgan fingerprint density at radius 3 is 1.96 bits per heavy atom. The van der Waals surface area contributed by atoms with E-state index in [0.29, 0.717) is 13.0 Å². The van der Waals surface area contributed by atoms with Gasteiger partial charge in [-0.15, -0.1) is 0 Å². The van der Waals surface area contributed by atoms with E-state index in [1.165, 1.54) is 0 Å². The van der Waals surface area contributed by atoms with Crippen molar-refractivity contribution in [1.82, 2.24) is 10.2 Å². The van der Waals surface area contributed by atoms with E-state index in [1.807, 2.05) is 60.5 Å². The van der Waals surface area contributed by atoms with Gasteiger partial charge in [-0.1, -0.05) is 41.5 Å². The van der Waals surface area contributed by atoms with E-state index in [2.05, 4.69) is 5.32 Å². The average molecular weight is 328 g/mol. The number of hydrogen-bond acceptors (Lipinski definition) is 4. The minimum Gasteiger partial charge on any atom is -0.390 e. The van der Waals surface area contributed by atoms with Crippen LogP contribution < -0.4 is 5.32 Å². The van der Waals surface area contributed by atoms with Gasteiger partial charge in [0.1, 0.15) is 5.78 Å². The first kappa shape index (κ1) is 22.1. The lowest BCUT2D eigenvalue weighted by Gasteiger charge is -2.41. The molecular weight excluding hydrogens is 292 g/mol.